The number of benzene rings is 2. The number of nitriles is 1. The van der Waals surface area contributed by atoms with Crippen LogP contribution in [0.3, 0.4) is 0 Å². The fourth-order valence-electron chi connectivity index (χ4n) is 11.6. The second-order valence-corrected chi connectivity index (χ2v) is 29.5. The van der Waals surface area contributed by atoms with Gasteiger partial charge in [0.05, 0.1) is 73.4 Å². The zero-order chi connectivity index (χ0) is 72.1. The summed E-state index contributed by atoms with van der Waals surface area (Å²) in [5.41, 5.74) is 1.49. The van der Waals surface area contributed by atoms with Gasteiger partial charge >= 0.3 is 27.8 Å². The molecule has 3 atom stereocenters. The number of terminal acetylenes is 2. The van der Waals surface area contributed by atoms with Crippen LogP contribution in [-0.4, -0.2) is 114 Å². The summed E-state index contributed by atoms with van der Waals surface area (Å²) in [5.74, 6) is 4.28. The Bertz CT molecular complexity index is 4690. The molecule has 4 aliphatic rings. The molecule has 6 heterocycles. The molecule has 2 aromatic carbocycles. The Morgan fingerprint density at radius 2 is 1.22 bits per heavy atom. The maximum Gasteiger partial charge on any atom is 0.472 e. The second kappa shape index (κ2) is 27.9. The summed E-state index contributed by atoms with van der Waals surface area (Å²) < 4.78 is 102. The Labute approximate surface area is 570 Å². The Hall–Kier alpha value is -9.18. The minimum Gasteiger partial charge on any atom is -0.421 e. The number of carbonyl (C=O) groups is 2. The van der Waals surface area contributed by atoms with Gasteiger partial charge in [0.2, 0.25) is 25.5 Å². The number of phosphoric ester groups is 2. The number of hydrogen-bond acceptors (Lipinski definition) is 19. The van der Waals surface area contributed by atoms with Crippen molar-refractivity contribution < 1.29 is 74.4 Å². The first kappa shape index (κ1) is 72.6. The molecule has 4 saturated carbocycles. The van der Waals surface area contributed by atoms with Gasteiger partial charge in [-0.2, -0.15) is 14.0 Å². The molecule has 0 radical (unpaired) electrons. The zero-order valence-electron chi connectivity index (χ0n) is 54.8. The number of aryl methyl sites for hydroxylation is 2. The van der Waals surface area contributed by atoms with E-state index in [1.807, 2.05) is 27.7 Å². The maximum absolute atomic E-state index is 14.4. The lowest BCUT2D eigenvalue weighted by molar-refractivity contribution is -0.0989. The van der Waals surface area contributed by atoms with Crippen molar-refractivity contribution in [1.29, 1.82) is 5.26 Å². The summed E-state index contributed by atoms with van der Waals surface area (Å²) in [6.07, 6.45) is 15.6. The number of pyridine rings is 4. The molecule has 34 heteroatoms. The average molecular weight is 1420 g/mol. The quantitative estimate of drug-likeness (QED) is 0.0128. The molecule has 4 aliphatic carbocycles. The number of nitrogens with one attached hydrogen (secondary N) is 2. The van der Waals surface area contributed by atoms with E-state index in [1.165, 1.54) is 55.8 Å². The van der Waals surface area contributed by atoms with Crippen LogP contribution < -0.4 is 20.4 Å². The Morgan fingerprint density at radius 1 is 0.747 bits per heavy atom. The molecule has 0 saturated heterocycles. The highest BCUT2D eigenvalue weighted by molar-refractivity contribution is 7.46. The Kier molecular flexibility index (Phi) is 20.4. The molecule has 0 spiro atoms. The molecule has 520 valence electrons. The molecule has 2 amide bonds. The van der Waals surface area contributed by atoms with Crippen molar-refractivity contribution in [1.82, 2.24) is 49.9 Å². The van der Waals surface area contributed by atoms with E-state index in [2.05, 4.69) is 98.9 Å². The van der Waals surface area contributed by atoms with E-state index >= 15 is 0 Å². The smallest absolute Gasteiger partial charge is 0.421 e. The summed E-state index contributed by atoms with van der Waals surface area (Å²) in [6.45, 7) is 15.4. The molecule has 27 nitrogen and oxygen atoms in total. The summed E-state index contributed by atoms with van der Waals surface area (Å²) in [4.78, 5) is 84.1. The lowest BCUT2D eigenvalue weighted by Crippen LogP contribution is -2.59. The van der Waals surface area contributed by atoms with Gasteiger partial charge < -0.3 is 39.7 Å². The number of ether oxygens (including phenoxy) is 2. The SMILES string of the molecule is C#Cc1cnc2c(C#N)cc(N(C(=O)OCOP(=O)(O)O)[C@H](c3cn(C45CC(C4)C5)nn3)c3ccc(F)nc3C)cc2c1N[C@H](C)C(C)(C)C.C#Cc1cnc2c(Cl)cc(N(C(=O)OCOP(=O)(O)O)[C@H](c3cn(C4(C(F)F)CC4)nn3)c3ccc(F)nc3C)cc2c1NCC(C)(C)C. The number of fused-ring (bicyclic) bond motifs is 2. The van der Waals surface area contributed by atoms with Gasteiger partial charge in [0.15, 0.2) is 0 Å². The largest absolute Gasteiger partial charge is 0.472 e. The van der Waals surface area contributed by atoms with Gasteiger partial charge in [-0.1, -0.05) is 87.5 Å². The Morgan fingerprint density at radius 3 is 1.66 bits per heavy atom. The molecule has 6 N–H and O–H groups in total. The topological polar surface area (TPSA) is 353 Å². The van der Waals surface area contributed by atoms with Crippen molar-refractivity contribution in [2.45, 2.75) is 130 Å². The molecule has 2 bridgehead atoms. The standard InChI is InChI=1S/C34H36FN8O6P.C31H32ClF3N7O6P/c1-7-22-16-37-29-23(15-36)10-24(11-26(29)30(22)39-20(3)33(4,5)6)43(32(44)48-18-49-50(45,46)47)31(25-8-9-28(35)38-19(25)2)27-17-42(41-40-27)34-12-21(13-34)14-34;1-6-18-13-36-26-21(25(18)37-15-30(3,4)5)11-19(12-22(26)32)42(29(43)47-16-48-49(44,45)46)27(20-7-8-24(33)38-17(20)2)23-14-41(40-39-23)31(9-10-31)28(34)35/h1,8-11,16-17,20-21,31H,12-14,18H2,2-6H3,(H,37,39)(H2,45,46,47);1,7-8,11-14,27-28H,9-10,15-16H2,2-5H3,(H,36,37)(H2,44,45,46)/t20-,21?,31+,34?;27-/m10/s1. The zero-order valence-corrected chi connectivity index (χ0v) is 57.3. The number of anilines is 4. The van der Waals surface area contributed by atoms with E-state index in [1.54, 1.807) is 23.9 Å². The molecule has 12 rings (SSSR count). The fourth-order valence-corrected chi connectivity index (χ4v) is 12.2. The lowest BCUT2D eigenvalue weighted by atomic mass is 9.50. The van der Waals surface area contributed by atoms with Crippen molar-refractivity contribution in [3.05, 3.63) is 141 Å². The molecular formula is C65H68ClF4N15O12P2. The van der Waals surface area contributed by atoms with Crippen LogP contribution in [0.5, 0.6) is 0 Å². The van der Waals surface area contributed by atoms with Crippen molar-refractivity contribution in [2.75, 3.05) is 40.6 Å². The first-order valence-corrected chi connectivity index (χ1v) is 34.1. The number of nitrogens with zero attached hydrogens (tertiary/aromatic N) is 13. The third-order valence-electron chi connectivity index (χ3n) is 17.5. The van der Waals surface area contributed by atoms with Gasteiger partial charge in [0.25, 0.3) is 6.43 Å². The molecule has 4 fully saturated rings. The Balaban J connectivity index is 0.000000214. The van der Waals surface area contributed by atoms with Crippen molar-refractivity contribution in [2.24, 2.45) is 16.7 Å². The molecule has 99 heavy (non-hydrogen) atoms. The fraction of sp³-hybridized carbons (Fsp3) is 0.400. The number of rotatable bonds is 21. The summed E-state index contributed by atoms with van der Waals surface area (Å²) in [6, 6.07) is 10.4. The van der Waals surface area contributed by atoms with E-state index in [0.717, 1.165) is 45.9 Å². The van der Waals surface area contributed by atoms with Crippen LogP contribution in [0.25, 0.3) is 21.8 Å². The monoisotopic (exact) mass is 1420 g/mol. The highest BCUT2D eigenvalue weighted by Gasteiger charge is 2.59. The van der Waals surface area contributed by atoms with Crippen LogP contribution in [0, 0.1) is 78.5 Å². The number of halogens is 5. The lowest BCUT2D eigenvalue weighted by Gasteiger charge is -2.61. The predicted molar refractivity (Wildman–Crippen MR) is 354 cm³/mol. The summed E-state index contributed by atoms with van der Waals surface area (Å²) in [7, 11) is -10.1. The normalized spacial score (nSPS) is 17.1. The summed E-state index contributed by atoms with van der Waals surface area (Å²) >= 11 is 6.76. The third kappa shape index (κ3) is 15.7. The van der Waals surface area contributed by atoms with Gasteiger partial charge in [0.1, 0.15) is 35.1 Å². The van der Waals surface area contributed by atoms with Gasteiger partial charge in [-0.15, -0.1) is 23.0 Å². The number of phosphoric acid groups is 2. The summed E-state index contributed by atoms with van der Waals surface area (Å²) in [5, 5.41) is 35.0. The van der Waals surface area contributed by atoms with Crippen LogP contribution in [0.2, 0.25) is 5.02 Å². The third-order valence-corrected chi connectivity index (χ3v) is 18.7. The van der Waals surface area contributed by atoms with Crippen molar-refractivity contribution >= 4 is 84.0 Å². The van der Waals surface area contributed by atoms with Crippen LogP contribution in [0.15, 0.2) is 73.3 Å². The van der Waals surface area contributed by atoms with Crippen molar-refractivity contribution in [3.63, 3.8) is 0 Å². The first-order chi connectivity index (χ1) is 46.5. The maximum atomic E-state index is 14.4. The number of aromatic nitrogens is 10. The van der Waals surface area contributed by atoms with E-state index in [0.29, 0.717) is 62.3 Å². The number of hydrogen-bond donors (Lipinski definition) is 6. The van der Waals surface area contributed by atoms with Gasteiger partial charge in [0, 0.05) is 58.3 Å². The van der Waals surface area contributed by atoms with E-state index < -0.39 is 77.4 Å². The molecular weight excluding hydrogens is 1360 g/mol. The molecule has 8 aromatic rings. The van der Waals surface area contributed by atoms with Gasteiger partial charge in [-0.3, -0.25) is 19.8 Å². The minimum atomic E-state index is -5.07. The number of alkyl halides is 2. The first-order valence-electron chi connectivity index (χ1n) is 30.6. The van der Waals surface area contributed by atoms with Crippen LogP contribution in [0.4, 0.5) is 49.9 Å². The van der Waals surface area contributed by atoms with Gasteiger partial charge in [-0.25, -0.2) is 55.9 Å². The van der Waals surface area contributed by atoms with Crippen LogP contribution in [-0.2, 0) is 38.7 Å². The van der Waals surface area contributed by atoms with Gasteiger partial charge in [-0.05, 0) is 106 Å². The molecule has 0 aliphatic heterocycles. The average Bonchev–Trinajstić information content (AvgIpc) is 1.37. The number of amides is 2. The minimum absolute atomic E-state index is 0.0201. The van der Waals surface area contributed by atoms with E-state index in [9.17, 15) is 61.1 Å². The van der Waals surface area contributed by atoms with E-state index in [4.69, 9.17) is 33.9 Å². The van der Waals surface area contributed by atoms with Crippen molar-refractivity contribution in [3.8, 4) is 30.8 Å². The predicted octanol–water partition coefficient (Wildman–Crippen LogP) is 12.0. The van der Waals surface area contributed by atoms with Crippen LogP contribution in [0.1, 0.15) is 143 Å². The molecule has 0 unspecified atom stereocenters. The van der Waals surface area contributed by atoms with Crippen LogP contribution >= 0.6 is 27.2 Å². The molecule has 6 aromatic heterocycles. The second-order valence-electron chi connectivity index (χ2n) is 26.6. The highest BCUT2D eigenvalue weighted by Crippen LogP contribution is 2.62. The highest BCUT2D eigenvalue weighted by atomic mass is 35.5. The van der Waals surface area contributed by atoms with E-state index in [-0.39, 0.29) is 85.6 Å². The number of carbonyl (C=O) groups excluding carboxylic acids is 2.